The number of fused-ring (bicyclic) bond motifs is 2. The number of ketones is 1. The summed E-state index contributed by atoms with van der Waals surface area (Å²) >= 11 is 0. The molecule has 3 aromatic rings. The van der Waals surface area contributed by atoms with Crippen LogP contribution in [0.1, 0.15) is 59.4 Å². The molecule has 2 aromatic carbocycles. The standard InChI is InChI=1S/C26H29NO/c1-5-6-9-14-27-18(2)24(22-10-7-8-11-23(22)27)25(28)19-12-13-20-16-26(3,4)17-21(20)15-19/h5,7-8,10-13,15H,1,6,9,14,16-17H2,2-4H3. The molecule has 0 aliphatic heterocycles. The summed E-state index contributed by atoms with van der Waals surface area (Å²) in [4.78, 5) is 13.6. The lowest BCUT2D eigenvalue weighted by molar-refractivity contribution is 0.103. The molecule has 0 spiro atoms. The van der Waals surface area contributed by atoms with Crippen LogP contribution in [-0.4, -0.2) is 10.4 Å². The van der Waals surface area contributed by atoms with Crippen LogP contribution in [0.3, 0.4) is 0 Å². The van der Waals surface area contributed by atoms with E-state index in [1.165, 1.54) is 11.1 Å². The van der Waals surface area contributed by atoms with Crippen LogP contribution < -0.4 is 0 Å². The Labute approximate surface area is 167 Å². The molecule has 1 aromatic heterocycles. The van der Waals surface area contributed by atoms with Gasteiger partial charge >= 0.3 is 0 Å². The van der Waals surface area contributed by atoms with E-state index in [0.717, 1.165) is 60.0 Å². The number of carbonyl (C=O) groups is 1. The minimum absolute atomic E-state index is 0.142. The summed E-state index contributed by atoms with van der Waals surface area (Å²) in [6.07, 6.45) is 6.11. The highest BCUT2D eigenvalue weighted by atomic mass is 16.1. The molecule has 0 fully saturated rings. The molecule has 0 unspecified atom stereocenters. The number of para-hydroxylation sites is 1. The lowest BCUT2D eigenvalue weighted by atomic mass is 9.90. The van der Waals surface area contributed by atoms with Crippen LogP contribution in [0.25, 0.3) is 10.9 Å². The van der Waals surface area contributed by atoms with Crippen LogP contribution in [0.2, 0.25) is 0 Å². The van der Waals surface area contributed by atoms with Crippen molar-refractivity contribution in [3.05, 3.63) is 83.1 Å². The minimum Gasteiger partial charge on any atom is -0.344 e. The van der Waals surface area contributed by atoms with Crippen LogP contribution in [0.4, 0.5) is 0 Å². The first-order valence-electron chi connectivity index (χ1n) is 10.3. The van der Waals surface area contributed by atoms with Crippen LogP contribution >= 0.6 is 0 Å². The SMILES string of the molecule is C=CCCCn1c(C)c(C(=O)c2ccc3c(c2)CC(C)(C)C3)c2ccccc21. The predicted octanol–water partition coefficient (Wildman–Crippen LogP) is 6.27. The molecule has 28 heavy (non-hydrogen) atoms. The fourth-order valence-corrected chi connectivity index (χ4v) is 4.74. The van der Waals surface area contributed by atoms with Crippen LogP contribution in [0, 0.1) is 12.3 Å². The van der Waals surface area contributed by atoms with Gasteiger partial charge in [0.1, 0.15) is 0 Å². The second-order valence-corrected chi connectivity index (χ2v) is 8.89. The molecule has 0 N–H and O–H groups in total. The zero-order valence-corrected chi connectivity index (χ0v) is 17.2. The second kappa shape index (κ2) is 7.09. The summed E-state index contributed by atoms with van der Waals surface area (Å²) in [5.41, 5.74) is 6.90. The second-order valence-electron chi connectivity index (χ2n) is 8.89. The van der Waals surface area contributed by atoms with Gasteiger partial charge in [-0.25, -0.2) is 0 Å². The molecule has 2 heteroatoms. The number of aryl methyl sites for hydroxylation is 1. The molecule has 0 atom stereocenters. The zero-order chi connectivity index (χ0) is 19.9. The largest absolute Gasteiger partial charge is 0.344 e. The first kappa shape index (κ1) is 18.7. The Morgan fingerprint density at radius 2 is 1.89 bits per heavy atom. The third-order valence-electron chi connectivity index (χ3n) is 6.05. The fourth-order valence-electron chi connectivity index (χ4n) is 4.74. The van der Waals surface area contributed by atoms with Crippen LogP contribution in [-0.2, 0) is 19.4 Å². The maximum Gasteiger partial charge on any atom is 0.195 e. The van der Waals surface area contributed by atoms with Crippen molar-refractivity contribution < 1.29 is 4.79 Å². The Morgan fingerprint density at radius 1 is 1.14 bits per heavy atom. The number of aromatic nitrogens is 1. The van der Waals surface area contributed by atoms with Crippen molar-refractivity contribution in [2.75, 3.05) is 0 Å². The predicted molar refractivity (Wildman–Crippen MR) is 117 cm³/mol. The van der Waals surface area contributed by atoms with Crippen molar-refractivity contribution in [1.29, 1.82) is 0 Å². The molecule has 1 aliphatic rings. The van der Waals surface area contributed by atoms with E-state index in [2.05, 4.69) is 62.2 Å². The van der Waals surface area contributed by atoms with Crippen molar-refractivity contribution in [3.8, 4) is 0 Å². The third-order valence-corrected chi connectivity index (χ3v) is 6.05. The van der Waals surface area contributed by atoms with E-state index in [1.54, 1.807) is 0 Å². The Morgan fingerprint density at radius 3 is 2.68 bits per heavy atom. The molecule has 0 saturated heterocycles. The third kappa shape index (κ3) is 3.22. The van der Waals surface area contributed by atoms with E-state index in [0.29, 0.717) is 5.41 Å². The maximum atomic E-state index is 13.6. The zero-order valence-electron chi connectivity index (χ0n) is 17.2. The summed E-state index contributed by atoms with van der Waals surface area (Å²) in [7, 11) is 0. The highest BCUT2D eigenvalue weighted by molar-refractivity contribution is 6.17. The van der Waals surface area contributed by atoms with Crippen molar-refractivity contribution in [2.45, 2.75) is 53.0 Å². The average molecular weight is 372 g/mol. The number of hydrogen-bond donors (Lipinski definition) is 0. The summed E-state index contributed by atoms with van der Waals surface area (Å²) in [5, 5.41) is 1.06. The molecule has 0 saturated carbocycles. The van der Waals surface area contributed by atoms with E-state index in [4.69, 9.17) is 0 Å². The van der Waals surface area contributed by atoms with E-state index in [1.807, 2.05) is 18.2 Å². The summed E-state index contributed by atoms with van der Waals surface area (Å²) in [5.74, 6) is 0.142. The van der Waals surface area contributed by atoms with Crippen molar-refractivity contribution >= 4 is 16.7 Å². The van der Waals surface area contributed by atoms with Gasteiger partial charge in [-0.15, -0.1) is 6.58 Å². The molecule has 1 aliphatic carbocycles. The van der Waals surface area contributed by atoms with Gasteiger partial charge in [0.05, 0.1) is 5.56 Å². The maximum absolute atomic E-state index is 13.6. The molecule has 144 valence electrons. The van der Waals surface area contributed by atoms with Crippen molar-refractivity contribution in [3.63, 3.8) is 0 Å². The molecule has 0 bridgehead atoms. The van der Waals surface area contributed by atoms with Gasteiger partial charge in [-0.2, -0.15) is 0 Å². The van der Waals surface area contributed by atoms with E-state index in [-0.39, 0.29) is 5.78 Å². The molecule has 2 nitrogen and oxygen atoms in total. The van der Waals surface area contributed by atoms with E-state index >= 15 is 0 Å². The number of benzene rings is 2. The van der Waals surface area contributed by atoms with Crippen LogP contribution in [0.5, 0.6) is 0 Å². The Balaban J connectivity index is 1.76. The molecule has 0 amide bonds. The number of carbonyl (C=O) groups excluding carboxylic acids is 1. The van der Waals surface area contributed by atoms with Gasteiger partial charge in [-0.05, 0) is 61.3 Å². The van der Waals surface area contributed by atoms with E-state index in [9.17, 15) is 4.79 Å². The molecule has 4 rings (SSSR count). The topological polar surface area (TPSA) is 22.0 Å². The van der Waals surface area contributed by atoms with Gasteiger partial charge in [0.15, 0.2) is 5.78 Å². The first-order valence-corrected chi connectivity index (χ1v) is 10.3. The van der Waals surface area contributed by atoms with Crippen molar-refractivity contribution in [2.24, 2.45) is 5.41 Å². The van der Waals surface area contributed by atoms with Crippen LogP contribution in [0.15, 0.2) is 55.1 Å². The molecular formula is C26H29NO. The smallest absolute Gasteiger partial charge is 0.195 e. The molecule has 1 heterocycles. The van der Waals surface area contributed by atoms with Gasteiger partial charge in [0, 0.05) is 28.7 Å². The number of rotatable bonds is 6. The van der Waals surface area contributed by atoms with Gasteiger partial charge in [-0.1, -0.05) is 50.3 Å². The minimum atomic E-state index is 0.142. The summed E-state index contributed by atoms with van der Waals surface area (Å²) < 4.78 is 2.29. The highest BCUT2D eigenvalue weighted by Gasteiger charge is 2.29. The summed E-state index contributed by atoms with van der Waals surface area (Å²) in [6.45, 7) is 11.4. The molecular weight excluding hydrogens is 342 g/mol. The number of allylic oxidation sites excluding steroid dienone is 1. The Bertz CT molecular complexity index is 1070. The number of hydrogen-bond acceptors (Lipinski definition) is 1. The highest BCUT2D eigenvalue weighted by Crippen LogP contribution is 2.37. The van der Waals surface area contributed by atoms with Crippen molar-refractivity contribution in [1.82, 2.24) is 4.57 Å². The summed E-state index contributed by atoms with van der Waals surface area (Å²) in [6, 6.07) is 14.6. The van der Waals surface area contributed by atoms with Gasteiger partial charge in [0.2, 0.25) is 0 Å². The normalized spacial score (nSPS) is 15.0. The Kier molecular flexibility index (Phi) is 4.74. The lowest BCUT2D eigenvalue weighted by Crippen LogP contribution is -2.09. The monoisotopic (exact) mass is 371 g/mol. The molecule has 0 radical (unpaired) electrons. The fraction of sp³-hybridized carbons (Fsp3) is 0.346. The van der Waals surface area contributed by atoms with Gasteiger partial charge < -0.3 is 4.57 Å². The number of nitrogens with zero attached hydrogens (tertiary/aromatic N) is 1. The van der Waals surface area contributed by atoms with Gasteiger partial charge in [-0.3, -0.25) is 4.79 Å². The van der Waals surface area contributed by atoms with E-state index < -0.39 is 0 Å². The average Bonchev–Trinajstić information content (AvgIpc) is 3.13. The quantitative estimate of drug-likeness (QED) is 0.284. The number of unbranched alkanes of at least 4 members (excludes halogenated alkanes) is 1. The first-order chi connectivity index (χ1) is 13.4. The van der Waals surface area contributed by atoms with Gasteiger partial charge in [0.25, 0.3) is 0 Å². The Hall–Kier alpha value is -2.61. The lowest BCUT2D eigenvalue weighted by Gasteiger charge is -2.14.